The molecule has 20 heavy (non-hydrogen) atoms. The highest BCUT2D eigenvalue weighted by atomic mass is 79.9. The van der Waals surface area contributed by atoms with Crippen LogP contribution in [-0.2, 0) is 11.3 Å². The van der Waals surface area contributed by atoms with Gasteiger partial charge in [0, 0.05) is 35.6 Å². The molecule has 7 heteroatoms. The monoisotopic (exact) mass is 342 g/mol. The van der Waals surface area contributed by atoms with E-state index in [1.54, 1.807) is 12.1 Å². The Balaban J connectivity index is 2.04. The lowest BCUT2D eigenvalue weighted by Crippen LogP contribution is -2.21. The predicted molar refractivity (Wildman–Crippen MR) is 76.4 cm³/mol. The maximum Gasteiger partial charge on any atom is 0.303 e. The molecule has 0 amide bonds. The van der Waals surface area contributed by atoms with E-state index in [-0.39, 0.29) is 22.9 Å². The summed E-state index contributed by atoms with van der Waals surface area (Å²) in [5.74, 6) is -0.645. The summed E-state index contributed by atoms with van der Waals surface area (Å²) in [5.41, 5.74) is 0.759. The standard InChI is InChI=1S/C13H15BrN2O4/c14-11-2-1-10(12(6-11)16(19)20)8-15-4-3-9(7-15)5-13(17)18/h1-2,6,9H,3-5,7-8H2,(H,17,18). The summed E-state index contributed by atoms with van der Waals surface area (Å²) in [7, 11) is 0. The van der Waals surface area contributed by atoms with Crippen LogP contribution >= 0.6 is 15.9 Å². The molecule has 0 radical (unpaired) electrons. The van der Waals surface area contributed by atoms with Gasteiger partial charge in [-0.2, -0.15) is 0 Å². The molecule has 1 aliphatic rings. The third kappa shape index (κ3) is 3.77. The SMILES string of the molecule is O=C(O)CC1CCN(Cc2ccc(Br)cc2[N+](=O)[O-])C1. The molecule has 1 N–H and O–H groups in total. The average Bonchev–Trinajstić information content (AvgIpc) is 2.77. The molecule has 0 saturated carbocycles. The summed E-state index contributed by atoms with van der Waals surface area (Å²) in [5, 5.41) is 19.8. The van der Waals surface area contributed by atoms with Gasteiger partial charge in [0.1, 0.15) is 0 Å². The van der Waals surface area contributed by atoms with Crippen molar-refractivity contribution in [1.82, 2.24) is 4.90 Å². The molecular formula is C13H15BrN2O4. The number of nitro groups is 1. The molecule has 1 saturated heterocycles. The van der Waals surface area contributed by atoms with Crippen molar-refractivity contribution >= 4 is 27.6 Å². The molecular weight excluding hydrogens is 328 g/mol. The Labute approximate surface area is 124 Å². The van der Waals surface area contributed by atoms with Crippen molar-refractivity contribution in [2.45, 2.75) is 19.4 Å². The van der Waals surface area contributed by atoms with Crippen molar-refractivity contribution in [3.63, 3.8) is 0 Å². The van der Waals surface area contributed by atoms with E-state index < -0.39 is 5.97 Å². The Hall–Kier alpha value is -1.47. The van der Waals surface area contributed by atoms with E-state index in [0.717, 1.165) is 13.0 Å². The Bertz CT molecular complexity index is 535. The van der Waals surface area contributed by atoms with Gasteiger partial charge in [0.05, 0.1) is 4.92 Å². The number of carboxylic acid groups (broad SMARTS) is 1. The van der Waals surface area contributed by atoms with E-state index in [1.165, 1.54) is 6.07 Å². The number of benzene rings is 1. The lowest BCUT2D eigenvalue weighted by atomic mass is 10.1. The molecule has 1 aromatic rings. The summed E-state index contributed by atoms with van der Waals surface area (Å²) in [6.07, 6.45) is 0.996. The van der Waals surface area contributed by atoms with E-state index in [2.05, 4.69) is 20.8 Å². The molecule has 1 aliphatic heterocycles. The smallest absolute Gasteiger partial charge is 0.303 e. The molecule has 0 aromatic heterocycles. The van der Waals surface area contributed by atoms with Gasteiger partial charge in [-0.15, -0.1) is 0 Å². The molecule has 1 aromatic carbocycles. The number of likely N-dealkylation sites (tertiary alicyclic amines) is 1. The molecule has 1 unspecified atom stereocenters. The molecule has 1 fully saturated rings. The zero-order chi connectivity index (χ0) is 14.7. The van der Waals surface area contributed by atoms with Crippen LogP contribution in [0.15, 0.2) is 22.7 Å². The average molecular weight is 343 g/mol. The molecule has 0 bridgehead atoms. The van der Waals surface area contributed by atoms with Crippen molar-refractivity contribution in [3.05, 3.63) is 38.3 Å². The van der Waals surface area contributed by atoms with E-state index in [9.17, 15) is 14.9 Å². The lowest BCUT2D eigenvalue weighted by molar-refractivity contribution is -0.385. The third-order valence-electron chi connectivity index (χ3n) is 3.47. The summed E-state index contributed by atoms with van der Waals surface area (Å²) in [4.78, 5) is 23.4. The number of nitro benzene ring substituents is 1. The summed E-state index contributed by atoms with van der Waals surface area (Å²) in [6.45, 7) is 1.95. The van der Waals surface area contributed by atoms with E-state index >= 15 is 0 Å². The zero-order valence-electron chi connectivity index (χ0n) is 10.8. The Morgan fingerprint density at radius 1 is 1.55 bits per heavy atom. The molecule has 1 heterocycles. The highest BCUT2D eigenvalue weighted by molar-refractivity contribution is 9.10. The van der Waals surface area contributed by atoms with Crippen molar-refractivity contribution < 1.29 is 14.8 Å². The first-order valence-electron chi connectivity index (χ1n) is 6.32. The fourth-order valence-corrected chi connectivity index (χ4v) is 2.90. The number of halogens is 1. The summed E-state index contributed by atoms with van der Waals surface area (Å²) >= 11 is 3.23. The first-order chi connectivity index (χ1) is 9.45. The number of aliphatic carboxylic acids is 1. The summed E-state index contributed by atoms with van der Waals surface area (Å²) in [6, 6.07) is 5.03. The second-order valence-electron chi connectivity index (χ2n) is 5.02. The van der Waals surface area contributed by atoms with Crippen LogP contribution in [0.4, 0.5) is 5.69 Å². The second kappa shape index (κ2) is 6.32. The van der Waals surface area contributed by atoms with Crippen molar-refractivity contribution in [2.75, 3.05) is 13.1 Å². The first-order valence-corrected chi connectivity index (χ1v) is 7.12. The van der Waals surface area contributed by atoms with Gasteiger partial charge < -0.3 is 5.11 Å². The van der Waals surface area contributed by atoms with Crippen molar-refractivity contribution in [1.29, 1.82) is 0 Å². The molecule has 6 nitrogen and oxygen atoms in total. The van der Waals surface area contributed by atoms with Crippen LogP contribution in [0, 0.1) is 16.0 Å². The van der Waals surface area contributed by atoms with Crippen LogP contribution in [0.1, 0.15) is 18.4 Å². The normalized spacial score (nSPS) is 19.1. The minimum Gasteiger partial charge on any atom is -0.481 e. The Kier molecular flexibility index (Phi) is 4.72. The third-order valence-corrected chi connectivity index (χ3v) is 3.96. The second-order valence-corrected chi connectivity index (χ2v) is 5.93. The Morgan fingerprint density at radius 2 is 2.30 bits per heavy atom. The van der Waals surface area contributed by atoms with E-state index in [1.807, 2.05) is 0 Å². The summed E-state index contributed by atoms with van der Waals surface area (Å²) < 4.78 is 0.679. The molecule has 2 rings (SSSR count). The van der Waals surface area contributed by atoms with E-state index in [4.69, 9.17) is 5.11 Å². The molecule has 108 valence electrons. The van der Waals surface area contributed by atoms with Gasteiger partial charge in [0.2, 0.25) is 0 Å². The fraction of sp³-hybridized carbons (Fsp3) is 0.462. The number of rotatable bonds is 5. The van der Waals surface area contributed by atoms with Crippen LogP contribution < -0.4 is 0 Å². The van der Waals surface area contributed by atoms with Gasteiger partial charge in [-0.05, 0) is 31.0 Å². The number of nitrogens with zero attached hydrogens (tertiary/aromatic N) is 2. The highest BCUT2D eigenvalue weighted by Gasteiger charge is 2.26. The Morgan fingerprint density at radius 3 is 2.95 bits per heavy atom. The van der Waals surface area contributed by atoms with E-state index in [0.29, 0.717) is 23.1 Å². The first kappa shape index (κ1) is 14.9. The highest BCUT2D eigenvalue weighted by Crippen LogP contribution is 2.27. The minimum atomic E-state index is -0.786. The number of carboxylic acids is 1. The van der Waals surface area contributed by atoms with Crippen LogP contribution in [0.5, 0.6) is 0 Å². The van der Waals surface area contributed by atoms with Gasteiger partial charge in [-0.25, -0.2) is 0 Å². The van der Waals surface area contributed by atoms with Crippen LogP contribution in [-0.4, -0.2) is 34.0 Å². The molecule has 1 atom stereocenters. The van der Waals surface area contributed by atoms with Gasteiger partial charge in [-0.1, -0.05) is 15.9 Å². The van der Waals surface area contributed by atoms with Crippen LogP contribution in [0.25, 0.3) is 0 Å². The quantitative estimate of drug-likeness (QED) is 0.656. The maximum atomic E-state index is 11.0. The zero-order valence-corrected chi connectivity index (χ0v) is 12.4. The molecule has 0 aliphatic carbocycles. The predicted octanol–water partition coefficient (Wildman–Crippen LogP) is 2.65. The number of hydrogen-bond acceptors (Lipinski definition) is 4. The fourth-order valence-electron chi connectivity index (χ4n) is 2.55. The molecule has 0 spiro atoms. The van der Waals surface area contributed by atoms with Crippen molar-refractivity contribution in [2.24, 2.45) is 5.92 Å². The largest absolute Gasteiger partial charge is 0.481 e. The van der Waals surface area contributed by atoms with Gasteiger partial charge in [-0.3, -0.25) is 19.8 Å². The van der Waals surface area contributed by atoms with Crippen LogP contribution in [0.3, 0.4) is 0 Å². The van der Waals surface area contributed by atoms with Gasteiger partial charge >= 0.3 is 5.97 Å². The minimum absolute atomic E-state index is 0.0982. The van der Waals surface area contributed by atoms with Crippen molar-refractivity contribution in [3.8, 4) is 0 Å². The topological polar surface area (TPSA) is 83.7 Å². The lowest BCUT2D eigenvalue weighted by Gasteiger charge is -2.15. The van der Waals surface area contributed by atoms with Crippen LogP contribution in [0.2, 0.25) is 0 Å². The number of hydrogen-bond donors (Lipinski definition) is 1. The van der Waals surface area contributed by atoms with Gasteiger partial charge in [0.15, 0.2) is 0 Å². The maximum absolute atomic E-state index is 11.0. The van der Waals surface area contributed by atoms with Gasteiger partial charge in [0.25, 0.3) is 5.69 Å². The number of carbonyl (C=O) groups is 1.